The molecule has 0 saturated carbocycles. The second-order valence-corrected chi connectivity index (χ2v) is 14.9. The third-order valence-corrected chi connectivity index (χ3v) is 9.42. The number of carbonyl (C=O) groups is 7. The minimum atomic E-state index is -1.45. The Morgan fingerprint density at radius 2 is 1.27 bits per heavy atom. The smallest absolute Gasteiger partial charge is 0.246 e. The summed E-state index contributed by atoms with van der Waals surface area (Å²) in [6, 6.07) is -6.13. The summed E-state index contributed by atoms with van der Waals surface area (Å²) >= 11 is 0. The van der Waals surface area contributed by atoms with Crippen molar-refractivity contribution >= 4 is 41.7 Å². The van der Waals surface area contributed by atoms with E-state index in [4.69, 9.17) is 5.73 Å². The maximum atomic E-state index is 13.8. The van der Waals surface area contributed by atoms with Crippen LogP contribution in [0, 0.1) is 23.7 Å². The summed E-state index contributed by atoms with van der Waals surface area (Å²) in [5, 5.41) is 23.9. The molecular formula is C36H65N7O8. The van der Waals surface area contributed by atoms with Crippen LogP contribution in [0.5, 0.6) is 0 Å². The Labute approximate surface area is 303 Å². The van der Waals surface area contributed by atoms with Gasteiger partial charge in [0.15, 0.2) is 0 Å². The number of nitrogens with two attached hydrogens (primary N) is 1. The predicted octanol–water partition coefficient (Wildman–Crippen LogP) is 0.514. The molecule has 8 atom stereocenters. The highest BCUT2D eigenvalue weighted by Gasteiger charge is 2.41. The van der Waals surface area contributed by atoms with Crippen molar-refractivity contribution < 1.29 is 38.7 Å². The van der Waals surface area contributed by atoms with Crippen molar-refractivity contribution in [1.29, 1.82) is 0 Å². The van der Waals surface area contributed by atoms with E-state index in [1.54, 1.807) is 41.5 Å². The second-order valence-electron chi connectivity index (χ2n) is 14.9. The monoisotopic (exact) mass is 723 g/mol. The van der Waals surface area contributed by atoms with Gasteiger partial charge in [0, 0.05) is 13.0 Å². The maximum absolute atomic E-state index is 13.8. The van der Waals surface area contributed by atoms with Crippen molar-refractivity contribution in [1.82, 2.24) is 31.5 Å². The molecule has 1 aliphatic heterocycles. The van der Waals surface area contributed by atoms with Crippen LogP contribution in [0.2, 0.25) is 0 Å². The highest BCUT2D eigenvalue weighted by molar-refractivity contribution is 5.97. The molecule has 0 bridgehead atoms. The number of likely N-dealkylation sites (tertiary alicyclic amines) is 1. The van der Waals surface area contributed by atoms with Gasteiger partial charge >= 0.3 is 0 Å². The number of nitrogens with one attached hydrogen (secondary N) is 5. The van der Waals surface area contributed by atoms with Crippen molar-refractivity contribution in [3.05, 3.63) is 0 Å². The zero-order valence-electron chi connectivity index (χ0n) is 32.1. The highest BCUT2D eigenvalue weighted by atomic mass is 16.3. The molecule has 0 aromatic heterocycles. The van der Waals surface area contributed by atoms with Crippen molar-refractivity contribution in [2.24, 2.45) is 29.4 Å². The van der Waals surface area contributed by atoms with E-state index in [9.17, 15) is 38.7 Å². The molecule has 51 heavy (non-hydrogen) atoms. The molecule has 0 aromatic rings. The van der Waals surface area contributed by atoms with Gasteiger partial charge in [0.05, 0.1) is 12.1 Å². The first-order chi connectivity index (χ1) is 23.9. The lowest BCUT2D eigenvalue weighted by atomic mass is 9.98. The number of rotatable bonds is 22. The van der Waals surface area contributed by atoms with Gasteiger partial charge in [-0.05, 0) is 69.2 Å². The Balaban J connectivity index is 3.08. The maximum Gasteiger partial charge on any atom is 0.246 e. The number of aldehydes is 1. The van der Waals surface area contributed by atoms with E-state index in [-0.39, 0.29) is 24.2 Å². The van der Waals surface area contributed by atoms with Crippen LogP contribution in [0.25, 0.3) is 0 Å². The minimum absolute atomic E-state index is 0.248. The molecule has 292 valence electrons. The SMILES string of the molecule is CCC(C)CCC(=O)NC(C(=O)NC(C(=O)NC(C(=O)NC(C(=O)N1CCCC1C(=O)NC(C=O)CCCN)C(C)C)C(C)C)C(C)O)C(C)C. The number of aliphatic hydroxyl groups excluding tert-OH is 1. The Kier molecular flexibility index (Phi) is 19.9. The van der Waals surface area contributed by atoms with Crippen LogP contribution in [0.15, 0.2) is 0 Å². The first-order valence-electron chi connectivity index (χ1n) is 18.5. The molecule has 15 heteroatoms. The van der Waals surface area contributed by atoms with Crippen LogP contribution >= 0.6 is 0 Å². The Bertz CT molecular complexity index is 1180. The Hall–Kier alpha value is -3.59. The van der Waals surface area contributed by atoms with Gasteiger partial charge in [-0.2, -0.15) is 0 Å². The standard InChI is InChI=1S/C36H65N7O8/c1-10-23(8)15-16-27(46)39-28(20(2)3)33(48)42-31(24(9)45)35(50)40-29(21(4)5)34(49)41-30(22(6)7)36(51)43-18-12-14-26(43)32(47)38-25(19-44)13-11-17-37/h19-26,28-31,45H,10-18,37H2,1-9H3,(H,38,47)(H,39,46)(H,40,50)(H,41,49)(H,42,48). The topological polar surface area (TPSA) is 229 Å². The Morgan fingerprint density at radius 1 is 0.765 bits per heavy atom. The largest absolute Gasteiger partial charge is 0.391 e. The van der Waals surface area contributed by atoms with Crippen molar-refractivity contribution in [2.45, 2.75) is 150 Å². The number of aliphatic hydroxyl groups is 1. The average Bonchev–Trinajstić information content (AvgIpc) is 3.57. The molecule has 15 nitrogen and oxygen atoms in total. The average molecular weight is 724 g/mol. The molecule has 8 N–H and O–H groups in total. The summed E-state index contributed by atoms with van der Waals surface area (Å²) in [6.07, 6.45) is 3.03. The van der Waals surface area contributed by atoms with E-state index in [1.807, 2.05) is 13.8 Å². The fraction of sp³-hybridized carbons (Fsp3) is 0.806. The molecular weight excluding hydrogens is 658 g/mol. The molecule has 1 heterocycles. The van der Waals surface area contributed by atoms with E-state index in [1.165, 1.54) is 11.8 Å². The number of hydrogen-bond acceptors (Lipinski definition) is 9. The van der Waals surface area contributed by atoms with Crippen molar-refractivity contribution in [2.75, 3.05) is 13.1 Å². The summed E-state index contributed by atoms with van der Waals surface area (Å²) < 4.78 is 0. The molecule has 1 rings (SSSR count). The van der Waals surface area contributed by atoms with E-state index >= 15 is 0 Å². The van der Waals surface area contributed by atoms with Gasteiger partial charge in [-0.1, -0.05) is 61.8 Å². The van der Waals surface area contributed by atoms with Gasteiger partial charge in [0.1, 0.15) is 36.5 Å². The molecule has 0 aromatic carbocycles. The number of amides is 6. The Morgan fingerprint density at radius 3 is 1.76 bits per heavy atom. The predicted molar refractivity (Wildman–Crippen MR) is 194 cm³/mol. The van der Waals surface area contributed by atoms with Crippen LogP contribution in [0.4, 0.5) is 0 Å². The third kappa shape index (κ3) is 14.5. The van der Waals surface area contributed by atoms with Crippen LogP contribution in [0.3, 0.4) is 0 Å². The van der Waals surface area contributed by atoms with Crippen LogP contribution in [-0.2, 0) is 33.6 Å². The third-order valence-electron chi connectivity index (χ3n) is 9.42. The summed E-state index contributed by atoms with van der Waals surface area (Å²) in [5.41, 5.74) is 5.54. The quantitative estimate of drug-likeness (QED) is 0.0771. The summed E-state index contributed by atoms with van der Waals surface area (Å²) in [7, 11) is 0. The van der Waals surface area contributed by atoms with E-state index in [0.717, 1.165) is 6.42 Å². The summed E-state index contributed by atoms with van der Waals surface area (Å²) in [5.74, 6) is -4.15. The first kappa shape index (κ1) is 45.4. The van der Waals surface area contributed by atoms with Gasteiger partial charge in [0.2, 0.25) is 35.4 Å². The van der Waals surface area contributed by atoms with Crippen LogP contribution < -0.4 is 32.3 Å². The first-order valence-corrected chi connectivity index (χ1v) is 18.5. The van der Waals surface area contributed by atoms with Gasteiger partial charge in [-0.25, -0.2) is 0 Å². The lowest BCUT2D eigenvalue weighted by Crippen LogP contribution is -2.62. The number of carbonyl (C=O) groups excluding carboxylic acids is 7. The van der Waals surface area contributed by atoms with Gasteiger partial charge < -0.3 is 47.1 Å². The molecule has 6 amide bonds. The number of nitrogens with zero attached hydrogens (tertiary/aromatic N) is 1. The molecule has 0 aliphatic carbocycles. The number of hydrogen-bond donors (Lipinski definition) is 7. The van der Waals surface area contributed by atoms with E-state index < -0.39 is 77.8 Å². The van der Waals surface area contributed by atoms with Gasteiger partial charge in [-0.15, -0.1) is 0 Å². The molecule has 1 saturated heterocycles. The van der Waals surface area contributed by atoms with E-state index in [0.29, 0.717) is 57.4 Å². The van der Waals surface area contributed by atoms with Crippen LogP contribution in [-0.4, -0.2) is 107 Å². The summed E-state index contributed by atoms with van der Waals surface area (Å²) in [4.78, 5) is 93.0. The van der Waals surface area contributed by atoms with Crippen molar-refractivity contribution in [3.63, 3.8) is 0 Å². The fourth-order valence-corrected chi connectivity index (χ4v) is 5.82. The zero-order valence-corrected chi connectivity index (χ0v) is 32.1. The lowest BCUT2D eigenvalue weighted by Gasteiger charge is -2.33. The minimum Gasteiger partial charge on any atom is -0.391 e. The fourth-order valence-electron chi connectivity index (χ4n) is 5.82. The lowest BCUT2D eigenvalue weighted by molar-refractivity contribution is -0.143. The summed E-state index contributed by atoms with van der Waals surface area (Å²) in [6.45, 7) is 16.5. The molecule has 1 aliphatic rings. The molecule has 0 spiro atoms. The normalized spacial score (nSPS) is 18.6. The van der Waals surface area contributed by atoms with Crippen LogP contribution in [0.1, 0.15) is 107 Å². The zero-order chi connectivity index (χ0) is 39.0. The molecule has 1 fully saturated rings. The molecule has 8 unspecified atom stereocenters. The van der Waals surface area contributed by atoms with E-state index in [2.05, 4.69) is 26.6 Å². The van der Waals surface area contributed by atoms with Crippen molar-refractivity contribution in [3.8, 4) is 0 Å². The van der Waals surface area contributed by atoms with Gasteiger partial charge in [0.25, 0.3) is 0 Å². The second kappa shape index (κ2) is 22.4. The highest BCUT2D eigenvalue weighted by Crippen LogP contribution is 2.21. The van der Waals surface area contributed by atoms with Gasteiger partial charge in [-0.3, -0.25) is 28.8 Å². The molecule has 0 radical (unpaired) electrons.